The largest absolute Gasteiger partial charge is 0.380 e. The third kappa shape index (κ3) is 3.27. The van der Waals surface area contributed by atoms with Gasteiger partial charge in [-0.05, 0) is 20.8 Å². The van der Waals surface area contributed by atoms with E-state index in [0.717, 1.165) is 36.7 Å². The fourth-order valence-electron chi connectivity index (χ4n) is 1.77. The molecule has 2 aromatic heterocycles. The molecule has 5 nitrogen and oxygen atoms in total. The standard InChI is InChI=1S/C13H20N4O/c1-4-18-9-11(3)14-6-12-7-15-13-5-10(2)16-17(13)8-12/h5,7-8,11,14H,4,6,9H2,1-3H3. The second-order valence-corrected chi connectivity index (χ2v) is 4.49. The van der Waals surface area contributed by atoms with Crippen LogP contribution in [0.15, 0.2) is 18.5 Å². The van der Waals surface area contributed by atoms with Crippen molar-refractivity contribution in [2.24, 2.45) is 0 Å². The van der Waals surface area contributed by atoms with Gasteiger partial charge in [0.25, 0.3) is 0 Å². The van der Waals surface area contributed by atoms with Crippen molar-refractivity contribution >= 4 is 5.65 Å². The molecule has 1 unspecified atom stereocenters. The number of ether oxygens (including phenoxy) is 1. The van der Waals surface area contributed by atoms with Gasteiger partial charge in [0.05, 0.1) is 12.3 Å². The van der Waals surface area contributed by atoms with Crippen LogP contribution in [-0.4, -0.2) is 33.9 Å². The predicted octanol–water partition coefficient (Wildman–Crippen LogP) is 1.55. The number of rotatable bonds is 6. The van der Waals surface area contributed by atoms with Crippen molar-refractivity contribution in [1.29, 1.82) is 0 Å². The van der Waals surface area contributed by atoms with Crippen LogP contribution in [0, 0.1) is 6.92 Å². The Bertz CT molecular complexity index is 509. The molecule has 0 saturated carbocycles. The Morgan fingerprint density at radius 2 is 2.33 bits per heavy atom. The topological polar surface area (TPSA) is 51.5 Å². The molecule has 0 radical (unpaired) electrons. The van der Waals surface area contributed by atoms with E-state index in [1.807, 2.05) is 36.8 Å². The summed E-state index contributed by atoms with van der Waals surface area (Å²) >= 11 is 0. The molecule has 2 aromatic rings. The summed E-state index contributed by atoms with van der Waals surface area (Å²) in [5.74, 6) is 0. The zero-order chi connectivity index (χ0) is 13.0. The predicted molar refractivity (Wildman–Crippen MR) is 70.5 cm³/mol. The van der Waals surface area contributed by atoms with Crippen molar-refractivity contribution in [3.8, 4) is 0 Å². The maximum Gasteiger partial charge on any atom is 0.155 e. The molecule has 5 heteroatoms. The van der Waals surface area contributed by atoms with Gasteiger partial charge >= 0.3 is 0 Å². The summed E-state index contributed by atoms with van der Waals surface area (Å²) in [6.45, 7) is 8.34. The Balaban J connectivity index is 1.95. The monoisotopic (exact) mass is 248 g/mol. The van der Waals surface area contributed by atoms with Crippen LogP contribution < -0.4 is 5.32 Å². The number of fused-ring (bicyclic) bond motifs is 1. The van der Waals surface area contributed by atoms with E-state index < -0.39 is 0 Å². The van der Waals surface area contributed by atoms with Gasteiger partial charge in [-0.15, -0.1) is 0 Å². The Morgan fingerprint density at radius 1 is 1.50 bits per heavy atom. The van der Waals surface area contributed by atoms with Gasteiger partial charge in [0.15, 0.2) is 5.65 Å². The van der Waals surface area contributed by atoms with Crippen molar-refractivity contribution in [3.63, 3.8) is 0 Å². The quantitative estimate of drug-likeness (QED) is 0.842. The van der Waals surface area contributed by atoms with Crippen LogP contribution in [0.2, 0.25) is 0 Å². The van der Waals surface area contributed by atoms with Gasteiger partial charge < -0.3 is 10.1 Å². The molecule has 2 heterocycles. The van der Waals surface area contributed by atoms with E-state index >= 15 is 0 Å². The molecule has 0 aliphatic carbocycles. The first-order valence-electron chi connectivity index (χ1n) is 6.31. The average molecular weight is 248 g/mol. The summed E-state index contributed by atoms with van der Waals surface area (Å²) in [4.78, 5) is 4.37. The first-order chi connectivity index (χ1) is 8.69. The number of aryl methyl sites for hydroxylation is 1. The van der Waals surface area contributed by atoms with Crippen LogP contribution in [0.1, 0.15) is 25.1 Å². The van der Waals surface area contributed by atoms with Crippen molar-refractivity contribution in [1.82, 2.24) is 19.9 Å². The number of nitrogens with one attached hydrogen (secondary N) is 1. The van der Waals surface area contributed by atoms with Gasteiger partial charge in [-0.3, -0.25) is 0 Å². The maximum atomic E-state index is 5.36. The second kappa shape index (κ2) is 5.93. The second-order valence-electron chi connectivity index (χ2n) is 4.49. The lowest BCUT2D eigenvalue weighted by Crippen LogP contribution is -2.30. The fraction of sp³-hybridized carbons (Fsp3) is 0.538. The van der Waals surface area contributed by atoms with Gasteiger partial charge in [-0.1, -0.05) is 0 Å². The molecule has 0 aromatic carbocycles. The van der Waals surface area contributed by atoms with Gasteiger partial charge in [0, 0.05) is 43.2 Å². The summed E-state index contributed by atoms with van der Waals surface area (Å²) in [5.41, 5.74) is 2.99. The van der Waals surface area contributed by atoms with E-state index in [9.17, 15) is 0 Å². The minimum Gasteiger partial charge on any atom is -0.380 e. The highest BCUT2D eigenvalue weighted by molar-refractivity contribution is 5.38. The lowest BCUT2D eigenvalue weighted by atomic mass is 10.3. The molecule has 0 aliphatic rings. The molecule has 0 amide bonds. The molecule has 0 bridgehead atoms. The summed E-state index contributed by atoms with van der Waals surface area (Å²) in [7, 11) is 0. The normalized spacial score (nSPS) is 13.1. The summed E-state index contributed by atoms with van der Waals surface area (Å²) in [5, 5.41) is 7.75. The number of nitrogens with zero attached hydrogens (tertiary/aromatic N) is 3. The van der Waals surface area contributed by atoms with Crippen molar-refractivity contribution < 1.29 is 4.74 Å². The zero-order valence-corrected chi connectivity index (χ0v) is 11.2. The molecular weight excluding hydrogens is 228 g/mol. The molecule has 0 fully saturated rings. The molecule has 0 saturated heterocycles. The first-order valence-corrected chi connectivity index (χ1v) is 6.31. The van der Waals surface area contributed by atoms with E-state index in [1.54, 1.807) is 0 Å². The van der Waals surface area contributed by atoms with Crippen LogP contribution in [0.5, 0.6) is 0 Å². The highest BCUT2D eigenvalue weighted by atomic mass is 16.5. The van der Waals surface area contributed by atoms with Crippen molar-refractivity contribution in [2.45, 2.75) is 33.4 Å². The Morgan fingerprint density at radius 3 is 3.11 bits per heavy atom. The van der Waals surface area contributed by atoms with Crippen LogP contribution in [0.3, 0.4) is 0 Å². The first kappa shape index (κ1) is 13.0. The number of hydrogen-bond acceptors (Lipinski definition) is 4. The van der Waals surface area contributed by atoms with Gasteiger partial charge in [-0.2, -0.15) is 5.10 Å². The third-order valence-electron chi connectivity index (χ3n) is 2.72. The van der Waals surface area contributed by atoms with E-state index in [-0.39, 0.29) is 0 Å². The zero-order valence-electron chi connectivity index (χ0n) is 11.2. The van der Waals surface area contributed by atoms with Crippen LogP contribution in [0.25, 0.3) is 5.65 Å². The SMILES string of the molecule is CCOCC(C)NCc1cnc2cc(C)nn2c1. The van der Waals surface area contributed by atoms with Crippen LogP contribution >= 0.6 is 0 Å². The highest BCUT2D eigenvalue weighted by Gasteiger charge is 2.03. The van der Waals surface area contributed by atoms with E-state index in [1.165, 1.54) is 0 Å². The van der Waals surface area contributed by atoms with Crippen molar-refractivity contribution in [2.75, 3.05) is 13.2 Å². The Hall–Kier alpha value is -1.46. The van der Waals surface area contributed by atoms with Gasteiger partial charge in [0.2, 0.25) is 0 Å². The summed E-state index contributed by atoms with van der Waals surface area (Å²) in [6, 6.07) is 2.30. The van der Waals surface area contributed by atoms with E-state index in [4.69, 9.17) is 4.74 Å². The fourth-order valence-corrected chi connectivity index (χ4v) is 1.77. The molecule has 1 atom stereocenters. The molecular formula is C13H20N4O. The third-order valence-corrected chi connectivity index (χ3v) is 2.72. The highest BCUT2D eigenvalue weighted by Crippen LogP contribution is 2.04. The molecule has 18 heavy (non-hydrogen) atoms. The van der Waals surface area contributed by atoms with Gasteiger partial charge in [0.1, 0.15) is 0 Å². The minimum atomic E-state index is 0.333. The lowest BCUT2D eigenvalue weighted by Gasteiger charge is -2.13. The molecule has 1 N–H and O–H groups in total. The van der Waals surface area contributed by atoms with Crippen molar-refractivity contribution in [3.05, 3.63) is 29.7 Å². The minimum absolute atomic E-state index is 0.333. The summed E-state index contributed by atoms with van der Waals surface area (Å²) in [6.07, 6.45) is 3.90. The molecule has 98 valence electrons. The maximum absolute atomic E-state index is 5.36. The number of hydrogen-bond donors (Lipinski definition) is 1. The average Bonchev–Trinajstić information content (AvgIpc) is 2.73. The Labute approximate surface area is 107 Å². The summed E-state index contributed by atoms with van der Waals surface area (Å²) < 4.78 is 7.18. The molecule has 0 spiro atoms. The lowest BCUT2D eigenvalue weighted by molar-refractivity contribution is 0.127. The van der Waals surface area contributed by atoms with E-state index in [2.05, 4.69) is 22.3 Å². The number of aromatic nitrogens is 3. The van der Waals surface area contributed by atoms with Crippen LogP contribution in [-0.2, 0) is 11.3 Å². The molecule has 2 rings (SSSR count). The van der Waals surface area contributed by atoms with Gasteiger partial charge in [-0.25, -0.2) is 9.50 Å². The Kier molecular flexibility index (Phi) is 4.28. The molecule has 0 aliphatic heterocycles. The van der Waals surface area contributed by atoms with Crippen LogP contribution in [0.4, 0.5) is 0 Å². The smallest absolute Gasteiger partial charge is 0.155 e. The van der Waals surface area contributed by atoms with E-state index in [0.29, 0.717) is 6.04 Å².